The highest BCUT2D eigenvalue weighted by atomic mass is 35.5. The van der Waals surface area contributed by atoms with Crippen molar-refractivity contribution in [1.29, 1.82) is 0 Å². The first-order valence-electron chi connectivity index (χ1n) is 9.04. The van der Waals surface area contributed by atoms with Crippen LogP contribution in [0.4, 0.5) is 11.4 Å². The number of nitrogens with zero attached hydrogens (tertiary/aromatic N) is 1. The molecule has 0 radical (unpaired) electrons. The Balaban J connectivity index is 1.57. The molecule has 152 valence electrons. The van der Waals surface area contributed by atoms with Crippen molar-refractivity contribution < 1.29 is 19.1 Å². The second-order valence-electron chi connectivity index (χ2n) is 6.90. The molecule has 2 amide bonds. The molecule has 1 fully saturated rings. The maximum absolute atomic E-state index is 12.4. The minimum Gasteiger partial charge on any atom is -0.455 e. The van der Waals surface area contributed by atoms with Gasteiger partial charge in [0.25, 0.3) is 5.91 Å². The maximum atomic E-state index is 12.4. The Morgan fingerprint density at radius 2 is 1.97 bits per heavy atom. The minimum atomic E-state index is -0.620. The third kappa shape index (κ3) is 4.89. The zero-order valence-corrected chi connectivity index (χ0v) is 17.5. The quantitative estimate of drug-likeness (QED) is 0.717. The Morgan fingerprint density at radius 3 is 2.72 bits per heavy atom. The molecule has 6 nitrogen and oxygen atoms in total. The molecule has 0 unspecified atom stereocenters. The molecule has 1 atom stereocenters. The highest BCUT2D eigenvalue weighted by Crippen LogP contribution is 2.30. The van der Waals surface area contributed by atoms with Crippen molar-refractivity contribution in [2.75, 3.05) is 23.4 Å². The van der Waals surface area contributed by atoms with E-state index in [0.717, 1.165) is 16.8 Å². The average molecular weight is 435 g/mol. The van der Waals surface area contributed by atoms with E-state index in [1.807, 2.05) is 32.0 Å². The number of nitrogens with one attached hydrogen (secondary N) is 1. The van der Waals surface area contributed by atoms with E-state index in [2.05, 4.69) is 5.32 Å². The summed E-state index contributed by atoms with van der Waals surface area (Å²) in [5.41, 5.74) is 3.18. The van der Waals surface area contributed by atoms with Gasteiger partial charge >= 0.3 is 5.97 Å². The highest BCUT2D eigenvalue weighted by Gasteiger charge is 2.37. The van der Waals surface area contributed by atoms with E-state index in [-0.39, 0.29) is 18.9 Å². The second kappa shape index (κ2) is 8.84. The van der Waals surface area contributed by atoms with E-state index in [1.165, 1.54) is 6.07 Å². The molecule has 0 spiro atoms. The number of amides is 2. The molecule has 1 heterocycles. The summed E-state index contributed by atoms with van der Waals surface area (Å²) in [7, 11) is 0. The maximum Gasteiger partial charge on any atom is 0.311 e. The number of carbonyl (C=O) groups is 3. The molecule has 8 heteroatoms. The van der Waals surface area contributed by atoms with Crippen molar-refractivity contribution in [1.82, 2.24) is 0 Å². The molecule has 1 N–H and O–H groups in total. The molecule has 2 aromatic rings. The van der Waals surface area contributed by atoms with Crippen molar-refractivity contribution in [3.05, 3.63) is 57.6 Å². The summed E-state index contributed by atoms with van der Waals surface area (Å²) < 4.78 is 5.11. The molecule has 1 aliphatic heterocycles. The van der Waals surface area contributed by atoms with Crippen LogP contribution in [0.25, 0.3) is 0 Å². The summed E-state index contributed by atoms with van der Waals surface area (Å²) in [6, 6.07) is 10.4. The molecule has 29 heavy (non-hydrogen) atoms. The van der Waals surface area contributed by atoms with Crippen LogP contribution in [0.15, 0.2) is 36.4 Å². The van der Waals surface area contributed by atoms with Gasteiger partial charge in [0, 0.05) is 23.7 Å². The third-order valence-electron chi connectivity index (χ3n) is 4.87. The summed E-state index contributed by atoms with van der Waals surface area (Å²) in [5.74, 6) is -1.89. The summed E-state index contributed by atoms with van der Waals surface area (Å²) in [6.07, 6.45) is 0.0496. The first-order valence-corrected chi connectivity index (χ1v) is 9.80. The van der Waals surface area contributed by atoms with Gasteiger partial charge in [-0.25, -0.2) is 0 Å². The Kier molecular flexibility index (Phi) is 6.45. The van der Waals surface area contributed by atoms with Gasteiger partial charge in [-0.15, -0.1) is 0 Å². The Labute approximate surface area is 178 Å². The number of anilines is 2. The number of benzene rings is 2. The van der Waals surface area contributed by atoms with Gasteiger partial charge in [-0.1, -0.05) is 35.3 Å². The zero-order valence-electron chi connectivity index (χ0n) is 16.0. The lowest BCUT2D eigenvalue weighted by atomic mass is 10.1. The topological polar surface area (TPSA) is 75.7 Å². The normalized spacial score (nSPS) is 16.1. The van der Waals surface area contributed by atoms with Crippen LogP contribution in [0.5, 0.6) is 0 Å². The first kappa shape index (κ1) is 21.1. The fourth-order valence-corrected chi connectivity index (χ4v) is 3.50. The van der Waals surface area contributed by atoms with E-state index >= 15 is 0 Å². The predicted octanol–water partition coefficient (Wildman–Crippen LogP) is 4.15. The average Bonchev–Trinajstić information content (AvgIpc) is 3.06. The molecule has 0 aliphatic carbocycles. The van der Waals surface area contributed by atoms with Gasteiger partial charge in [0.05, 0.1) is 16.6 Å². The summed E-state index contributed by atoms with van der Waals surface area (Å²) in [4.78, 5) is 38.4. The van der Waals surface area contributed by atoms with Gasteiger partial charge in [0.2, 0.25) is 5.91 Å². The van der Waals surface area contributed by atoms with E-state index in [0.29, 0.717) is 15.7 Å². The predicted molar refractivity (Wildman–Crippen MR) is 112 cm³/mol. The molecule has 0 bridgehead atoms. The molecular weight excluding hydrogens is 415 g/mol. The van der Waals surface area contributed by atoms with Gasteiger partial charge in [0.1, 0.15) is 0 Å². The molecule has 1 aliphatic rings. The smallest absolute Gasteiger partial charge is 0.311 e. The van der Waals surface area contributed by atoms with Crippen molar-refractivity contribution in [3.63, 3.8) is 0 Å². The van der Waals surface area contributed by atoms with Crippen molar-refractivity contribution in [3.8, 4) is 0 Å². The van der Waals surface area contributed by atoms with Crippen LogP contribution in [0.1, 0.15) is 17.5 Å². The molecule has 2 aromatic carbocycles. The van der Waals surface area contributed by atoms with Gasteiger partial charge in [-0.2, -0.15) is 0 Å². The summed E-state index contributed by atoms with van der Waals surface area (Å²) in [5, 5.41) is 3.28. The van der Waals surface area contributed by atoms with E-state index in [4.69, 9.17) is 27.9 Å². The second-order valence-corrected chi connectivity index (χ2v) is 7.75. The number of aryl methyl sites for hydroxylation is 1. The largest absolute Gasteiger partial charge is 0.455 e. The van der Waals surface area contributed by atoms with Gasteiger partial charge in [0.15, 0.2) is 6.61 Å². The Hall–Kier alpha value is -2.57. The van der Waals surface area contributed by atoms with Crippen LogP contribution in [0, 0.1) is 19.8 Å². The molecule has 1 saturated heterocycles. The lowest BCUT2D eigenvalue weighted by Gasteiger charge is -2.20. The van der Waals surface area contributed by atoms with Crippen LogP contribution >= 0.6 is 23.2 Å². The standard InChI is InChI=1S/C21H20Cl2N2O4/c1-12-4-3-5-18(13(12)2)25-10-14(8-20(25)27)21(28)29-11-19(26)24-17-9-15(22)6-7-16(17)23/h3-7,9,14H,8,10-11H2,1-2H3,(H,24,26)/t14-/m1/s1. The zero-order chi connectivity index (χ0) is 21.1. The third-order valence-corrected chi connectivity index (χ3v) is 5.44. The van der Waals surface area contributed by atoms with Crippen molar-refractivity contribution >= 4 is 52.4 Å². The minimum absolute atomic E-state index is 0.0496. The van der Waals surface area contributed by atoms with Crippen LogP contribution < -0.4 is 10.2 Å². The lowest BCUT2D eigenvalue weighted by molar-refractivity contribution is -0.151. The number of hydrogen-bond donors (Lipinski definition) is 1. The van der Waals surface area contributed by atoms with E-state index in [1.54, 1.807) is 17.0 Å². The summed E-state index contributed by atoms with van der Waals surface area (Å²) in [6.45, 7) is 3.66. The first-order chi connectivity index (χ1) is 13.8. The van der Waals surface area contributed by atoms with Crippen LogP contribution in [-0.4, -0.2) is 30.9 Å². The van der Waals surface area contributed by atoms with Gasteiger partial charge in [-0.05, 0) is 49.2 Å². The number of hydrogen-bond acceptors (Lipinski definition) is 4. The fourth-order valence-electron chi connectivity index (χ4n) is 3.16. The number of esters is 1. The van der Waals surface area contributed by atoms with Crippen LogP contribution in [0.3, 0.4) is 0 Å². The number of carbonyl (C=O) groups excluding carboxylic acids is 3. The number of ether oxygens (including phenoxy) is 1. The highest BCUT2D eigenvalue weighted by molar-refractivity contribution is 6.35. The number of rotatable bonds is 5. The Morgan fingerprint density at radius 1 is 1.21 bits per heavy atom. The molecular formula is C21H20Cl2N2O4. The molecule has 0 aromatic heterocycles. The van der Waals surface area contributed by atoms with Gasteiger partial charge < -0.3 is 15.0 Å². The van der Waals surface area contributed by atoms with E-state index in [9.17, 15) is 14.4 Å². The monoisotopic (exact) mass is 434 g/mol. The molecule has 0 saturated carbocycles. The SMILES string of the molecule is Cc1cccc(N2C[C@H](C(=O)OCC(=O)Nc3cc(Cl)ccc3Cl)CC2=O)c1C. The fraction of sp³-hybridized carbons (Fsp3) is 0.286. The van der Waals surface area contributed by atoms with Crippen LogP contribution in [0.2, 0.25) is 10.0 Å². The van der Waals surface area contributed by atoms with Crippen molar-refractivity contribution in [2.24, 2.45) is 5.92 Å². The Bertz CT molecular complexity index is 977. The van der Waals surface area contributed by atoms with Gasteiger partial charge in [-0.3, -0.25) is 14.4 Å². The van der Waals surface area contributed by atoms with Crippen molar-refractivity contribution in [2.45, 2.75) is 20.3 Å². The lowest BCUT2D eigenvalue weighted by Crippen LogP contribution is -2.28. The number of halogens is 2. The van der Waals surface area contributed by atoms with Crippen LogP contribution in [-0.2, 0) is 19.1 Å². The summed E-state index contributed by atoms with van der Waals surface area (Å²) >= 11 is 11.9. The van der Waals surface area contributed by atoms with E-state index < -0.39 is 24.4 Å². The molecule has 3 rings (SSSR count).